The standard InChI is InChI=1S/C29H40N2O2/c1-23(2)28(3)16-10-15-26(19-28)29(27(32)33)22-30(20-24-11-6-4-7-12-24)17-18-31(29)21-25-13-8-5-9-14-25/h4-9,11-14,23,26H,10,15-22H2,1-3H3,(H,32,33)/t26?,28?,29-/m1/s1. The van der Waals surface area contributed by atoms with Gasteiger partial charge in [0.25, 0.3) is 0 Å². The van der Waals surface area contributed by atoms with E-state index in [2.05, 4.69) is 79.1 Å². The molecule has 2 aromatic rings. The first-order chi connectivity index (χ1) is 15.8. The van der Waals surface area contributed by atoms with Gasteiger partial charge in [-0.1, -0.05) is 87.9 Å². The second-order valence-electron chi connectivity index (χ2n) is 10.9. The van der Waals surface area contributed by atoms with E-state index >= 15 is 0 Å². The van der Waals surface area contributed by atoms with Crippen molar-refractivity contribution in [2.24, 2.45) is 17.3 Å². The molecule has 4 rings (SSSR count). The van der Waals surface area contributed by atoms with E-state index in [1.807, 2.05) is 12.1 Å². The number of aliphatic carboxylic acids is 1. The van der Waals surface area contributed by atoms with Crippen molar-refractivity contribution in [3.05, 3.63) is 71.8 Å². The lowest BCUT2D eigenvalue weighted by atomic mass is 9.60. The van der Waals surface area contributed by atoms with E-state index in [4.69, 9.17) is 0 Å². The number of rotatable bonds is 7. The Balaban J connectivity index is 1.68. The highest BCUT2D eigenvalue weighted by molar-refractivity contribution is 5.80. The molecule has 178 valence electrons. The Labute approximate surface area is 199 Å². The second kappa shape index (κ2) is 9.99. The maximum absolute atomic E-state index is 13.3. The van der Waals surface area contributed by atoms with Crippen LogP contribution in [0.1, 0.15) is 57.6 Å². The number of carbonyl (C=O) groups is 1. The van der Waals surface area contributed by atoms with Crippen LogP contribution in [0.4, 0.5) is 0 Å². The summed E-state index contributed by atoms with van der Waals surface area (Å²) in [6.45, 7) is 10.8. The molecule has 1 N–H and O–H groups in total. The molecule has 0 amide bonds. The third-order valence-corrected chi connectivity index (χ3v) is 8.63. The van der Waals surface area contributed by atoms with Crippen molar-refractivity contribution in [1.29, 1.82) is 0 Å². The Bertz CT molecular complexity index is 916. The van der Waals surface area contributed by atoms with Gasteiger partial charge in [-0.2, -0.15) is 0 Å². The summed E-state index contributed by atoms with van der Waals surface area (Å²) in [5.41, 5.74) is 1.79. The lowest BCUT2D eigenvalue weighted by Crippen LogP contribution is -2.69. The van der Waals surface area contributed by atoms with Gasteiger partial charge in [-0.05, 0) is 47.6 Å². The third-order valence-electron chi connectivity index (χ3n) is 8.63. The van der Waals surface area contributed by atoms with Crippen LogP contribution in [0.15, 0.2) is 60.7 Å². The minimum atomic E-state index is -0.862. The third kappa shape index (κ3) is 5.02. The minimum Gasteiger partial charge on any atom is -0.480 e. The van der Waals surface area contributed by atoms with Crippen molar-refractivity contribution in [3.63, 3.8) is 0 Å². The maximum atomic E-state index is 13.3. The van der Waals surface area contributed by atoms with Crippen molar-refractivity contribution in [2.75, 3.05) is 19.6 Å². The van der Waals surface area contributed by atoms with Gasteiger partial charge >= 0.3 is 5.97 Å². The monoisotopic (exact) mass is 448 g/mol. The second-order valence-corrected chi connectivity index (χ2v) is 10.9. The van der Waals surface area contributed by atoms with E-state index in [1.165, 1.54) is 17.5 Å². The average molecular weight is 449 g/mol. The quantitative estimate of drug-likeness (QED) is 0.592. The van der Waals surface area contributed by atoms with E-state index < -0.39 is 11.5 Å². The van der Waals surface area contributed by atoms with Crippen molar-refractivity contribution in [1.82, 2.24) is 9.80 Å². The Hall–Kier alpha value is -2.17. The van der Waals surface area contributed by atoms with E-state index in [0.29, 0.717) is 19.0 Å². The Kier molecular flexibility index (Phi) is 7.25. The minimum absolute atomic E-state index is 0.151. The SMILES string of the molecule is CC(C)C1(C)CCCC([C@@]2(C(=O)O)CN(Cc3ccccc3)CCN2Cc2ccccc2)C1. The number of carboxylic acids is 1. The molecule has 1 heterocycles. The summed E-state index contributed by atoms with van der Waals surface area (Å²) >= 11 is 0. The summed E-state index contributed by atoms with van der Waals surface area (Å²) in [7, 11) is 0. The van der Waals surface area contributed by atoms with Crippen LogP contribution in [0.2, 0.25) is 0 Å². The smallest absolute Gasteiger partial charge is 0.325 e. The van der Waals surface area contributed by atoms with Gasteiger partial charge in [0.2, 0.25) is 0 Å². The van der Waals surface area contributed by atoms with Gasteiger partial charge in [0, 0.05) is 32.7 Å². The van der Waals surface area contributed by atoms with Crippen molar-refractivity contribution in [2.45, 2.75) is 65.1 Å². The van der Waals surface area contributed by atoms with E-state index in [0.717, 1.165) is 38.9 Å². The highest BCUT2D eigenvalue weighted by Crippen LogP contribution is 2.50. The zero-order chi connectivity index (χ0) is 23.5. The molecule has 33 heavy (non-hydrogen) atoms. The number of benzene rings is 2. The van der Waals surface area contributed by atoms with Gasteiger partial charge in [0.1, 0.15) is 5.54 Å². The van der Waals surface area contributed by atoms with Gasteiger partial charge in [-0.25, -0.2) is 0 Å². The number of carboxylic acid groups (broad SMARTS) is 1. The van der Waals surface area contributed by atoms with Gasteiger partial charge in [0.05, 0.1) is 0 Å². The number of hydrogen-bond donors (Lipinski definition) is 1. The molecular weight excluding hydrogens is 408 g/mol. The highest BCUT2D eigenvalue weighted by Gasteiger charge is 2.55. The molecule has 1 aliphatic carbocycles. The van der Waals surface area contributed by atoms with Crippen LogP contribution in [0, 0.1) is 17.3 Å². The van der Waals surface area contributed by atoms with Gasteiger partial charge in [-0.3, -0.25) is 14.6 Å². The Morgan fingerprint density at radius 2 is 1.61 bits per heavy atom. The summed E-state index contributed by atoms with van der Waals surface area (Å²) < 4.78 is 0. The average Bonchev–Trinajstić information content (AvgIpc) is 2.81. The molecule has 4 nitrogen and oxygen atoms in total. The zero-order valence-corrected chi connectivity index (χ0v) is 20.5. The largest absolute Gasteiger partial charge is 0.480 e. The van der Waals surface area contributed by atoms with Crippen LogP contribution in [0.5, 0.6) is 0 Å². The molecule has 0 radical (unpaired) electrons. The van der Waals surface area contributed by atoms with Crippen LogP contribution in [0.3, 0.4) is 0 Å². The first kappa shape index (κ1) is 24.0. The van der Waals surface area contributed by atoms with Gasteiger partial charge in [0.15, 0.2) is 0 Å². The molecule has 3 atom stereocenters. The van der Waals surface area contributed by atoms with E-state index in [1.54, 1.807) is 0 Å². The number of piperazine rings is 1. The van der Waals surface area contributed by atoms with Gasteiger partial charge in [-0.15, -0.1) is 0 Å². The van der Waals surface area contributed by atoms with E-state index in [-0.39, 0.29) is 11.3 Å². The van der Waals surface area contributed by atoms with Crippen molar-refractivity contribution in [3.8, 4) is 0 Å². The van der Waals surface area contributed by atoms with Crippen molar-refractivity contribution >= 4 is 5.97 Å². The molecule has 1 aliphatic heterocycles. The fourth-order valence-corrected chi connectivity index (χ4v) is 6.20. The first-order valence-corrected chi connectivity index (χ1v) is 12.6. The topological polar surface area (TPSA) is 43.8 Å². The first-order valence-electron chi connectivity index (χ1n) is 12.6. The van der Waals surface area contributed by atoms with Crippen LogP contribution in [0.25, 0.3) is 0 Å². The lowest BCUT2D eigenvalue weighted by molar-refractivity contribution is -0.168. The highest BCUT2D eigenvalue weighted by atomic mass is 16.4. The molecular formula is C29H40N2O2. The summed E-state index contributed by atoms with van der Waals surface area (Å²) in [5.74, 6) is 0.0605. The molecule has 0 bridgehead atoms. The normalized spacial score (nSPS) is 29.3. The molecule has 2 fully saturated rings. The lowest BCUT2D eigenvalue weighted by Gasteiger charge is -2.55. The maximum Gasteiger partial charge on any atom is 0.325 e. The van der Waals surface area contributed by atoms with Crippen LogP contribution in [-0.4, -0.2) is 46.0 Å². The summed E-state index contributed by atoms with van der Waals surface area (Å²) in [5, 5.41) is 10.9. The Morgan fingerprint density at radius 3 is 2.18 bits per heavy atom. The molecule has 0 aromatic heterocycles. The molecule has 1 saturated heterocycles. The molecule has 0 spiro atoms. The predicted molar refractivity (Wildman–Crippen MR) is 134 cm³/mol. The van der Waals surface area contributed by atoms with Crippen LogP contribution in [-0.2, 0) is 17.9 Å². The fraction of sp³-hybridized carbons (Fsp3) is 0.552. The molecule has 4 heteroatoms. The number of nitrogens with zero attached hydrogens (tertiary/aromatic N) is 2. The zero-order valence-electron chi connectivity index (χ0n) is 20.5. The van der Waals surface area contributed by atoms with E-state index in [9.17, 15) is 9.90 Å². The summed E-state index contributed by atoms with van der Waals surface area (Å²) in [6.07, 6.45) is 4.30. The van der Waals surface area contributed by atoms with Gasteiger partial charge < -0.3 is 5.11 Å². The summed E-state index contributed by atoms with van der Waals surface area (Å²) in [6, 6.07) is 20.9. The Morgan fingerprint density at radius 1 is 1.00 bits per heavy atom. The fourth-order valence-electron chi connectivity index (χ4n) is 6.20. The molecule has 2 aromatic carbocycles. The summed E-state index contributed by atoms with van der Waals surface area (Å²) in [4.78, 5) is 18.0. The predicted octanol–water partition coefficient (Wildman–Crippen LogP) is 5.68. The van der Waals surface area contributed by atoms with Crippen molar-refractivity contribution < 1.29 is 9.90 Å². The van der Waals surface area contributed by atoms with Crippen LogP contribution < -0.4 is 0 Å². The molecule has 2 aliphatic rings. The van der Waals surface area contributed by atoms with Crippen LogP contribution >= 0.6 is 0 Å². The molecule has 2 unspecified atom stereocenters. The number of hydrogen-bond acceptors (Lipinski definition) is 3. The molecule has 1 saturated carbocycles.